The maximum Gasteiger partial charge on any atom is 0.306 e. The molecule has 0 saturated heterocycles. The van der Waals surface area contributed by atoms with Gasteiger partial charge in [0.2, 0.25) is 0 Å². The van der Waals surface area contributed by atoms with E-state index in [0.717, 1.165) is 135 Å². The minimum atomic E-state index is -0.784. The van der Waals surface area contributed by atoms with Crippen molar-refractivity contribution in [3.63, 3.8) is 0 Å². The van der Waals surface area contributed by atoms with E-state index in [0.29, 0.717) is 19.3 Å². The quantitative estimate of drug-likeness (QED) is 0.0261. The van der Waals surface area contributed by atoms with E-state index in [1.54, 1.807) is 0 Å². The van der Waals surface area contributed by atoms with Gasteiger partial charge >= 0.3 is 17.9 Å². The lowest BCUT2D eigenvalue weighted by atomic mass is 10.1. The highest BCUT2D eigenvalue weighted by molar-refractivity contribution is 5.71. The van der Waals surface area contributed by atoms with Crippen LogP contribution < -0.4 is 0 Å². The lowest BCUT2D eigenvalue weighted by molar-refractivity contribution is -0.167. The van der Waals surface area contributed by atoms with E-state index < -0.39 is 6.10 Å². The van der Waals surface area contributed by atoms with Crippen molar-refractivity contribution in [2.75, 3.05) is 13.2 Å². The maximum atomic E-state index is 12.7. The van der Waals surface area contributed by atoms with Gasteiger partial charge in [-0.15, -0.1) is 0 Å². The Morgan fingerprint density at radius 3 is 0.903 bits per heavy atom. The van der Waals surface area contributed by atoms with Crippen LogP contribution in [-0.2, 0) is 28.6 Å². The Kier molecular flexibility index (Phi) is 55.9. The van der Waals surface area contributed by atoms with Gasteiger partial charge in [-0.1, -0.05) is 251 Å². The van der Waals surface area contributed by atoms with Gasteiger partial charge < -0.3 is 14.2 Å². The van der Waals surface area contributed by atoms with Gasteiger partial charge in [0.1, 0.15) is 13.2 Å². The molecule has 408 valence electrons. The van der Waals surface area contributed by atoms with Crippen LogP contribution in [0.4, 0.5) is 0 Å². The number of allylic oxidation sites excluding steroid dienone is 20. The second kappa shape index (κ2) is 59.4. The zero-order valence-electron chi connectivity index (χ0n) is 46.7. The van der Waals surface area contributed by atoms with Crippen LogP contribution >= 0.6 is 0 Å². The third-order valence-electron chi connectivity index (χ3n) is 12.2. The molecule has 1 unspecified atom stereocenters. The molecule has 0 aromatic carbocycles. The highest BCUT2D eigenvalue weighted by Gasteiger charge is 2.19. The third-order valence-corrected chi connectivity index (χ3v) is 12.2. The monoisotopic (exact) mass is 997 g/mol. The van der Waals surface area contributed by atoms with Crippen LogP contribution in [0.1, 0.15) is 258 Å². The number of carbonyl (C=O) groups excluding carboxylic acids is 3. The topological polar surface area (TPSA) is 78.9 Å². The number of unbranched alkanes of at least 4 members (excludes halogenated alkanes) is 21. The van der Waals surface area contributed by atoms with E-state index in [-0.39, 0.29) is 31.1 Å². The fraction of sp³-hybridized carbons (Fsp3) is 0.652. The maximum absolute atomic E-state index is 12.7. The molecule has 0 N–H and O–H groups in total. The summed E-state index contributed by atoms with van der Waals surface area (Å²) in [6, 6.07) is 0. The van der Waals surface area contributed by atoms with Crippen molar-refractivity contribution in [1.82, 2.24) is 0 Å². The van der Waals surface area contributed by atoms with Crippen molar-refractivity contribution >= 4 is 17.9 Å². The van der Waals surface area contributed by atoms with Crippen LogP contribution in [-0.4, -0.2) is 37.2 Å². The molecule has 72 heavy (non-hydrogen) atoms. The number of hydrogen-bond donors (Lipinski definition) is 0. The molecule has 0 spiro atoms. The predicted molar refractivity (Wildman–Crippen MR) is 311 cm³/mol. The minimum absolute atomic E-state index is 0.0847. The van der Waals surface area contributed by atoms with Crippen LogP contribution in [0.2, 0.25) is 0 Å². The van der Waals surface area contributed by atoms with Crippen molar-refractivity contribution < 1.29 is 28.6 Å². The van der Waals surface area contributed by atoms with Gasteiger partial charge in [-0.2, -0.15) is 0 Å². The molecule has 0 aliphatic carbocycles. The second-order valence-corrected chi connectivity index (χ2v) is 19.2. The molecule has 0 amide bonds. The second-order valence-electron chi connectivity index (χ2n) is 19.2. The summed E-state index contributed by atoms with van der Waals surface area (Å²) in [5, 5.41) is 0. The van der Waals surface area contributed by atoms with Crippen molar-refractivity contribution in [2.24, 2.45) is 0 Å². The number of ether oxygens (including phenoxy) is 3. The van der Waals surface area contributed by atoms with E-state index in [1.807, 2.05) is 0 Å². The molecule has 0 aromatic heterocycles. The summed E-state index contributed by atoms with van der Waals surface area (Å²) < 4.78 is 16.7. The van der Waals surface area contributed by atoms with Gasteiger partial charge in [-0.25, -0.2) is 0 Å². The standard InChI is InChI=1S/C66H108O6/c1-4-7-10-13-16-19-21-22-23-24-25-26-27-28-29-30-31-32-33-34-35-36-37-38-39-40-41-42-43-44-46-47-50-53-56-59-65(68)71-62-63(61-70-64(67)58-55-52-49-18-15-12-9-6-3)72-66(69)60-57-54-51-48-45-20-17-14-11-8-5-2/h7,10,14,16-17,19,22-23,25-26,28-29,31-32,34-35,37-38,40-41,63H,4-6,8-9,11-13,15,18,20-21,24,27,30,33,36,39,42-62H2,1-3H3/b10-7-,17-14-,19-16-,23-22-,26-25-,29-28-,32-31-,35-34-,38-37-,41-40-. The molecule has 0 aliphatic rings. The van der Waals surface area contributed by atoms with E-state index in [9.17, 15) is 14.4 Å². The van der Waals surface area contributed by atoms with Crippen molar-refractivity contribution in [2.45, 2.75) is 264 Å². The summed E-state index contributed by atoms with van der Waals surface area (Å²) in [7, 11) is 0. The molecule has 6 heteroatoms. The average molecular weight is 998 g/mol. The van der Waals surface area contributed by atoms with Gasteiger partial charge in [0.25, 0.3) is 0 Å². The summed E-state index contributed by atoms with van der Waals surface area (Å²) in [4.78, 5) is 37.9. The zero-order valence-corrected chi connectivity index (χ0v) is 46.7. The van der Waals surface area contributed by atoms with Crippen molar-refractivity contribution in [1.29, 1.82) is 0 Å². The van der Waals surface area contributed by atoms with Crippen LogP contribution in [0.5, 0.6) is 0 Å². The van der Waals surface area contributed by atoms with E-state index in [1.165, 1.54) is 83.5 Å². The fourth-order valence-electron chi connectivity index (χ4n) is 7.77. The molecule has 0 rings (SSSR count). The zero-order chi connectivity index (χ0) is 52.2. The number of esters is 3. The Morgan fingerprint density at radius 1 is 0.292 bits per heavy atom. The SMILES string of the molecule is CC/C=C\C/C=C\C/C=C\C/C=C\C/C=C\C/C=C\C/C=C\C/C=C\C/C=C\CCCCCCCCCC(=O)OCC(COC(=O)CCCCCCCCCC)OC(=O)CCCCCCC/C=C\CCCC. The number of carbonyl (C=O) groups is 3. The van der Waals surface area contributed by atoms with Crippen LogP contribution in [0.3, 0.4) is 0 Å². The number of rotatable bonds is 52. The Labute approximate surface area is 443 Å². The van der Waals surface area contributed by atoms with Crippen LogP contribution in [0, 0.1) is 0 Å². The van der Waals surface area contributed by atoms with Crippen molar-refractivity contribution in [3.8, 4) is 0 Å². The summed E-state index contributed by atoms with van der Waals surface area (Å²) >= 11 is 0. The lowest BCUT2D eigenvalue weighted by Gasteiger charge is -2.18. The Balaban J connectivity index is 4.12. The fourth-order valence-corrected chi connectivity index (χ4v) is 7.77. The highest BCUT2D eigenvalue weighted by Crippen LogP contribution is 2.14. The molecule has 6 nitrogen and oxygen atoms in total. The van der Waals surface area contributed by atoms with Crippen LogP contribution in [0.15, 0.2) is 122 Å². The molecule has 1 atom stereocenters. The summed E-state index contributed by atoms with van der Waals surface area (Å²) in [5.41, 5.74) is 0. The first-order valence-electron chi connectivity index (χ1n) is 29.5. The Morgan fingerprint density at radius 2 is 0.556 bits per heavy atom. The predicted octanol–water partition coefficient (Wildman–Crippen LogP) is 20.0. The molecule has 0 aromatic rings. The molecule has 0 saturated carbocycles. The van der Waals surface area contributed by atoms with Gasteiger partial charge in [0.05, 0.1) is 0 Å². The first kappa shape index (κ1) is 67.8. The van der Waals surface area contributed by atoms with Gasteiger partial charge in [-0.3, -0.25) is 14.4 Å². The van der Waals surface area contributed by atoms with Crippen LogP contribution in [0.25, 0.3) is 0 Å². The summed E-state index contributed by atoms with van der Waals surface area (Å²) in [6.07, 6.45) is 82.2. The smallest absolute Gasteiger partial charge is 0.306 e. The number of hydrogen-bond acceptors (Lipinski definition) is 6. The van der Waals surface area contributed by atoms with E-state index in [4.69, 9.17) is 14.2 Å². The average Bonchev–Trinajstić information content (AvgIpc) is 3.38. The minimum Gasteiger partial charge on any atom is -0.462 e. The first-order chi connectivity index (χ1) is 35.5. The molecule has 0 radical (unpaired) electrons. The summed E-state index contributed by atoms with van der Waals surface area (Å²) in [5.74, 6) is -0.914. The van der Waals surface area contributed by atoms with Gasteiger partial charge in [0.15, 0.2) is 6.10 Å². The molecular weight excluding hydrogens is 889 g/mol. The van der Waals surface area contributed by atoms with E-state index >= 15 is 0 Å². The third kappa shape index (κ3) is 56.7. The Bertz CT molecular complexity index is 1520. The highest BCUT2D eigenvalue weighted by atomic mass is 16.6. The van der Waals surface area contributed by atoms with Gasteiger partial charge in [-0.05, 0) is 109 Å². The Hall–Kier alpha value is -4.19. The van der Waals surface area contributed by atoms with Gasteiger partial charge in [0, 0.05) is 19.3 Å². The van der Waals surface area contributed by atoms with Crippen molar-refractivity contribution in [3.05, 3.63) is 122 Å². The molecule has 0 fully saturated rings. The molecular formula is C66H108O6. The normalized spacial score (nSPS) is 13.0. The molecule has 0 heterocycles. The summed E-state index contributed by atoms with van der Waals surface area (Å²) in [6.45, 7) is 6.43. The molecule has 0 aliphatic heterocycles. The lowest BCUT2D eigenvalue weighted by Crippen LogP contribution is -2.30. The largest absolute Gasteiger partial charge is 0.462 e. The first-order valence-corrected chi connectivity index (χ1v) is 29.5. The molecule has 0 bridgehead atoms. The van der Waals surface area contributed by atoms with E-state index in [2.05, 4.69) is 142 Å².